The highest BCUT2D eigenvalue weighted by atomic mass is 16.1. The zero-order valence-electron chi connectivity index (χ0n) is 9.63. The number of pyridine rings is 1. The van der Waals surface area contributed by atoms with Crippen molar-refractivity contribution >= 4 is 5.78 Å². The van der Waals surface area contributed by atoms with Crippen molar-refractivity contribution in [3.63, 3.8) is 0 Å². The second-order valence-electron chi connectivity index (χ2n) is 3.68. The molecule has 2 rings (SSSR count). The number of carbonyl (C=O) groups is 1. The molecule has 0 saturated carbocycles. The Hall–Kier alpha value is -2.10. The number of ketones is 1. The van der Waals surface area contributed by atoms with Crippen molar-refractivity contribution in [2.24, 2.45) is 0 Å². The van der Waals surface area contributed by atoms with Crippen LogP contribution in [0.4, 0.5) is 0 Å². The smallest absolute Gasteiger partial charge is 0.205 e. The number of carbonyl (C=O) groups excluding carboxylic acids is 1. The zero-order valence-corrected chi connectivity index (χ0v) is 9.63. The molecule has 0 radical (unpaired) electrons. The summed E-state index contributed by atoms with van der Waals surface area (Å²) in [4.78, 5) is 23.9. The Balaban J connectivity index is 2.08. The Kier molecular flexibility index (Phi) is 3.55. The van der Waals surface area contributed by atoms with Crippen LogP contribution in [-0.4, -0.2) is 20.7 Å². The maximum atomic E-state index is 11.8. The number of hydrogen-bond acceptors (Lipinski definition) is 4. The second-order valence-corrected chi connectivity index (χ2v) is 3.68. The molecule has 17 heavy (non-hydrogen) atoms. The lowest BCUT2D eigenvalue weighted by molar-refractivity contribution is 0.0982. The first-order valence-corrected chi connectivity index (χ1v) is 5.53. The summed E-state index contributed by atoms with van der Waals surface area (Å²) in [5.74, 6) is 0.135. The van der Waals surface area contributed by atoms with Gasteiger partial charge in [-0.25, -0.2) is 9.97 Å². The molecule has 0 aliphatic carbocycles. The fourth-order valence-electron chi connectivity index (χ4n) is 1.46. The molecular weight excluding hydrogens is 214 g/mol. The van der Waals surface area contributed by atoms with Crippen LogP contribution in [0.15, 0.2) is 36.8 Å². The SMILES string of the molecule is CCc1ccc(CC(=O)c2ncccn2)nc1. The topological polar surface area (TPSA) is 55.7 Å². The summed E-state index contributed by atoms with van der Waals surface area (Å²) in [6.45, 7) is 2.07. The molecule has 0 unspecified atom stereocenters. The van der Waals surface area contributed by atoms with Crippen LogP contribution in [0.3, 0.4) is 0 Å². The first kappa shape index (κ1) is 11.4. The van der Waals surface area contributed by atoms with Gasteiger partial charge in [-0.15, -0.1) is 0 Å². The predicted octanol–water partition coefficient (Wildman–Crippen LogP) is 1.86. The average molecular weight is 227 g/mol. The van der Waals surface area contributed by atoms with Crippen molar-refractivity contribution in [2.45, 2.75) is 19.8 Å². The molecule has 2 aromatic heterocycles. The molecule has 0 saturated heterocycles. The Labute approximate surface area is 99.8 Å². The Morgan fingerprint density at radius 2 is 1.94 bits per heavy atom. The summed E-state index contributed by atoms with van der Waals surface area (Å²) in [6.07, 6.45) is 6.12. The Bertz CT molecular complexity index is 494. The molecule has 0 spiro atoms. The van der Waals surface area contributed by atoms with Crippen molar-refractivity contribution in [1.82, 2.24) is 15.0 Å². The summed E-state index contributed by atoms with van der Waals surface area (Å²) in [6, 6.07) is 5.55. The van der Waals surface area contributed by atoms with Gasteiger partial charge in [0.2, 0.25) is 5.78 Å². The van der Waals surface area contributed by atoms with Gasteiger partial charge in [0.25, 0.3) is 0 Å². The molecule has 0 aromatic carbocycles. The highest BCUT2D eigenvalue weighted by Gasteiger charge is 2.09. The first-order valence-electron chi connectivity index (χ1n) is 5.53. The van der Waals surface area contributed by atoms with E-state index >= 15 is 0 Å². The summed E-state index contributed by atoms with van der Waals surface area (Å²) in [5, 5.41) is 0. The minimum Gasteiger partial charge on any atom is -0.290 e. The van der Waals surface area contributed by atoms with Gasteiger partial charge in [-0.1, -0.05) is 13.0 Å². The molecule has 0 atom stereocenters. The Morgan fingerprint density at radius 3 is 2.53 bits per heavy atom. The number of aryl methyl sites for hydroxylation is 1. The molecule has 86 valence electrons. The van der Waals surface area contributed by atoms with E-state index in [1.165, 1.54) is 0 Å². The lowest BCUT2D eigenvalue weighted by Crippen LogP contribution is -2.09. The molecule has 0 fully saturated rings. The largest absolute Gasteiger partial charge is 0.290 e. The average Bonchev–Trinajstić information content (AvgIpc) is 2.40. The number of Topliss-reactive ketones (excluding diaryl/α,β-unsaturated/α-hetero) is 1. The van der Waals surface area contributed by atoms with Gasteiger partial charge in [0.15, 0.2) is 5.82 Å². The normalized spacial score (nSPS) is 10.2. The molecule has 2 aromatic rings. The lowest BCUT2D eigenvalue weighted by Gasteiger charge is -2.00. The van der Waals surface area contributed by atoms with Crippen molar-refractivity contribution in [3.05, 3.63) is 53.9 Å². The quantitative estimate of drug-likeness (QED) is 0.748. The molecule has 0 bridgehead atoms. The van der Waals surface area contributed by atoms with Crippen LogP contribution in [-0.2, 0) is 12.8 Å². The van der Waals surface area contributed by atoms with Crippen LogP contribution in [0.5, 0.6) is 0 Å². The maximum Gasteiger partial charge on any atom is 0.205 e. The molecular formula is C13H13N3O. The second kappa shape index (κ2) is 5.30. The van der Waals surface area contributed by atoms with E-state index in [9.17, 15) is 4.79 Å². The molecule has 0 amide bonds. The number of nitrogens with zero attached hydrogens (tertiary/aromatic N) is 3. The van der Waals surface area contributed by atoms with Gasteiger partial charge >= 0.3 is 0 Å². The van der Waals surface area contributed by atoms with E-state index in [1.54, 1.807) is 24.7 Å². The Morgan fingerprint density at radius 1 is 1.18 bits per heavy atom. The van der Waals surface area contributed by atoms with Crippen molar-refractivity contribution in [2.75, 3.05) is 0 Å². The maximum absolute atomic E-state index is 11.8. The standard InChI is InChI=1S/C13H13N3O/c1-2-10-4-5-11(16-9-10)8-12(17)13-14-6-3-7-15-13/h3-7,9H,2,8H2,1H3. The number of aromatic nitrogens is 3. The predicted molar refractivity (Wildman–Crippen MR) is 63.7 cm³/mol. The van der Waals surface area contributed by atoms with E-state index in [0.29, 0.717) is 0 Å². The van der Waals surface area contributed by atoms with Gasteiger partial charge in [-0.05, 0) is 24.1 Å². The van der Waals surface area contributed by atoms with Gasteiger partial charge in [-0.2, -0.15) is 0 Å². The third kappa shape index (κ3) is 2.93. The molecule has 4 nitrogen and oxygen atoms in total. The first-order chi connectivity index (χ1) is 8.29. The van der Waals surface area contributed by atoms with E-state index in [-0.39, 0.29) is 18.0 Å². The van der Waals surface area contributed by atoms with E-state index in [4.69, 9.17) is 0 Å². The van der Waals surface area contributed by atoms with E-state index < -0.39 is 0 Å². The van der Waals surface area contributed by atoms with Crippen LogP contribution < -0.4 is 0 Å². The van der Waals surface area contributed by atoms with Gasteiger partial charge in [0.1, 0.15) is 0 Å². The molecule has 0 aliphatic heterocycles. The van der Waals surface area contributed by atoms with Crippen LogP contribution >= 0.6 is 0 Å². The van der Waals surface area contributed by atoms with Crippen LogP contribution in [0, 0.1) is 0 Å². The van der Waals surface area contributed by atoms with Crippen LogP contribution in [0.25, 0.3) is 0 Å². The van der Waals surface area contributed by atoms with Gasteiger partial charge in [0.05, 0.1) is 6.42 Å². The highest BCUT2D eigenvalue weighted by Crippen LogP contribution is 2.04. The molecule has 0 aliphatic rings. The van der Waals surface area contributed by atoms with E-state index in [0.717, 1.165) is 17.7 Å². The summed E-state index contributed by atoms with van der Waals surface area (Å²) >= 11 is 0. The molecule has 0 N–H and O–H groups in total. The summed E-state index contributed by atoms with van der Waals surface area (Å²) < 4.78 is 0. The fraction of sp³-hybridized carbons (Fsp3) is 0.231. The zero-order chi connectivity index (χ0) is 12.1. The minimum atomic E-state index is -0.109. The van der Waals surface area contributed by atoms with Gasteiger partial charge < -0.3 is 0 Å². The molecule has 2 heterocycles. The minimum absolute atomic E-state index is 0.109. The monoisotopic (exact) mass is 227 g/mol. The fourth-order valence-corrected chi connectivity index (χ4v) is 1.46. The number of hydrogen-bond donors (Lipinski definition) is 0. The summed E-state index contributed by atoms with van der Waals surface area (Å²) in [7, 11) is 0. The van der Waals surface area contributed by atoms with Crippen molar-refractivity contribution in [1.29, 1.82) is 0 Å². The van der Waals surface area contributed by atoms with Crippen molar-refractivity contribution < 1.29 is 4.79 Å². The number of rotatable bonds is 4. The summed E-state index contributed by atoms with van der Waals surface area (Å²) in [5.41, 5.74) is 1.91. The van der Waals surface area contributed by atoms with Crippen molar-refractivity contribution in [3.8, 4) is 0 Å². The van der Waals surface area contributed by atoms with Crippen LogP contribution in [0.2, 0.25) is 0 Å². The molecule has 4 heteroatoms. The third-order valence-corrected chi connectivity index (χ3v) is 2.45. The van der Waals surface area contributed by atoms with Crippen LogP contribution in [0.1, 0.15) is 28.8 Å². The third-order valence-electron chi connectivity index (χ3n) is 2.45. The van der Waals surface area contributed by atoms with E-state index in [1.807, 2.05) is 12.1 Å². The highest BCUT2D eigenvalue weighted by molar-refractivity contribution is 5.93. The van der Waals surface area contributed by atoms with Gasteiger partial charge in [-0.3, -0.25) is 9.78 Å². The van der Waals surface area contributed by atoms with E-state index in [2.05, 4.69) is 21.9 Å². The van der Waals surface area contributed by atoms with Gasteiger partial charge in [0, 0.05) is 24.3 Å². The lowest BCUT2D eigenvalue weighted by atomic mass is 10.1.